The summed E-state index contributed by atoms with van der Waals surface area (Å²) in [4.78, 5) is 33.1. The molecule has 1 aromatic rings. The molecule has 0 aliphatic rings. The van der Waals surface area contributed by atoms with Crippen LogP contribution in [0, 0.1) is 11.3 Å². The molecular weight excluding hydrogens is 274 g/mol. The van der Waals surface area contributed by atoms with Crippen LogP contribution in [-0.2, 0) is 16.1 Å². The molecule has 3 N–H and O–H groups in total. The lowest BCUT2D eigenvalue weighted by atomic mass is 10.1. The van der Waals surface area contributed by atoms with Gasteiger partial charge >= 0.3 is 12.0 Å². The number of nitrogens with one attached hydrogen (secondary N) is 2. The summed E-state index contributed by atoms with van der Waals surface area (Å²) in [5, 5.41) is 21.8. The largest absolute Gasteiger partial charge is 0.481 e. The van der Waals surface area contributed by atoms with Crippen LogP contribution in [0.3, 0.4) is 0 Å². The van der Waals surface area contributed by atoms with E-state index in [1.807, 2.05) is 6.07 Å². The van der Waals surface area contributed by atoms with E-state index in [1.54, 1.807) is 24.3 Å². The molecule has 7 heteroatoms. The van der Waals surface area contributed by atoms with E-state index in [9.17, 15) is 14.4 Å². The number of hydrogen-bond donors (Lipinski definition) is 3. The zero-order chi connectivity index (χ0) is 15.7. The lowest BCUT2D eigenvalue weighted by molar-refractivity contribution is -0.137. The maximum absolute atomic E-state index is 11.5. The number of aliphatic carboxylic acids is 1. The summed E-state index contributed by atoms with van der Waals surface area (Å²) >= 11 is 0. The number of amides is 3. The molecule has 0 aliphatic heterocycles. The van der Waals surface area contributed by atoms with Gasteiger partial charge in [-0.3, -0.25) is 14.9 Å². The van der Waals surface area contributed by atoms with Crippen molar-refractivity contribution in [3.05, 3.63) is 35.4 Å². The van der Waals surface area contributed by atoms with Gasteiger partial charge in [-0.1, -0.05) is 12.1 Å². The first-order chi connectivity index (χ1) is 10.0. The van der Waals surface area contributed by atoms with Gasteiger partial charge in [0.25, 0.3) is 0 Å². The Morgan fingerprint density at radius 1 is 1.24 bits per heavy atom. The quantitative estimate of drug-likeness (QED) is 0.725. The van der Waals surface area contributed by atoms with Crippen LogP contribution in [-0.4, -0.2) is 23.0 Å². The summed E-state index contributed by atoms with van der Waals surface area (Å²) in [7, 11) is 0. The molecule has 0 unspecified atom stereocenters. The SMILES string of the molecule is N#Cc1cccc(CNC(=O)NC(=O)CCCC(=O)O)c1. The minimum Gasteiger partial charge on any atom is -0.481 e. The van der Waals surface area contributed by atoms with E-state index in [-0.39, 0.29) is 25.8 Å². The van der Waals surface area contributed by atoms with E-state index < -0.39 is 17.9 Å². The predicted octanol–water partition coefficient (Wildman–Crippen LogP) is 1.14. The average molecular weight is 289 g/mol. The number of nitriles is 1. The molecule has 1 aromatic carbocycles. The third kappa shape index (κ3) is 6.73. The Balaban J connectivity index is 2.32. The summed E-state index contributed by atoms with van der Waals surface area (Å²) in [6, 6.07) is 8.06. The predicted molar refractivity (Wildman–Crippen MR) is 73.0 cm³/mol. The Kier molecular flexibility index (Phi) is 6.41. The number of carbonyl (C=O) groups excluding carboxylic acids is 2. The first-order valence-corrected chi connectivity index (χ1v) is 6.30. The highest BCUT2D eigenvalue weighted by molar-refractivity contribution is 5.94. The number of carbonyl (C=O) groups is 3. The lowest BCUT2D eigenvalue weighted by Crippen LogP contribution is -2.39. The van der Waals surface area contributed by atoms with Crippen molar-refractivity contribution >= 4 is 17.9 Å². The summed E-state index contributed by atoms with van der Waals surface area (Å²) in [5.74, 6) is -1.51. The number of nitrogens with zero attached hydrogens (tertiary/aromatic N) is 1. The van der Waals surface area contributed by atoms with Gasteiger partial charge in [0.15, 0.2) is 0 Å². The van der Waals surface area contributed by atoms with Crippen molar-refractivity contribution in [3.8, 4) is 6.07 Å². The first-order valence-electron chi connectivity index (χ1n) is 6.30. The number of carboxylic acids is 1. The van der Waals surface area contributed by atoms with Gasteiger partial charge in [-0.25, -0.2) is 4.79 Å². The topological polar surface area (TPSA) is 119 Å². The average Bonchev–Trinajstić information content (AvgIpc) is 2.45. The molecule has 3 amide bonds. The van der Waals surface area contributed by atoms with Crippen LogP contribution in [0.4, 0.5) is 4.79 Å². The van der Waals surface area contributed by atoms with E-state index in [1.165, 1.54) is 0 Å². The zero-order valence-corrected chi connectivity index (χ0v) is 11.3. The van der Waals surface area contributed by atoms with E-state index in [0.29, 0.717) is 5.56 Å². The van der Waals surface area contributed by atoms with Crippen molar-refractivity contribution in [3.63, 3.8) is 0 Å². The monoisotopic (exact) mass is 289 g/mol. The molecule has 21 heavy (non-hydrogen) atoms. The van der Waals surface area contributed by atoms with Crippen molar-refractivity contribution in [1.29, 1.82) is 5.26 Å². The highest BCUT2D eigenvalue weighted by Gasteiger charge is 2.08. The Morgan fingerprint density at radius 3 is 2.67 bits per heavy atom. The van der Waals surface area contributed by atoms with Gasteiger partial charge in [0.05, 0.1) is 11.6 Å². The molecule has 1 rings (SSSR count). The number of urea groups is 1. The van der Waals surface area contributed by atoms with Crippen LogP contribution in [0.5, 0.6) is 0 Å². The number of benzene rings is 1. The van der Waals surface area contributed by atoms with Gasteiger partial charge in [-0.15, -0.1) is 0 Å². The number of rotatable bonds is 6. The molecule has 0 fully saturated rings. The first kappa shape index (κ1) is 16.2. The molecule has 0 atom stereocenters. The van der Waals surface area contributed by atoms with Crippen molar-refractivity contribution < 1.29 is 19.5 Å². The standard InChI is InChI=1S/C14H15N3O4/c15-8-10-3-1-4-11(7-10)9-16-14(21)17-12(18)5-2-6-13(19)20/h1,3-4,7H,2,5-6,9H2,(H,19,20)(H2,16,17,18,21). The Labute approximate surface area is 121 Å². The minimum atomic E-state index is -0.982. The second-order valence-corrected chi connectivity index (χ2v) is 4.29. The summed E-state index contributed by atoms with van der Waals surface area (Å²) < 4.78 is 0. The van der Waals surface area contributed by atoms with Crippen LogP contribution in [0.25, 0.3) is 0 Å². The molecule has 0 aromatic heterocycles. The molecule has 0 saturated heterocycles. The van der Waals surface area contributed by atoms with Crippen molar-refractivity contribution in [1.82, 2.24) is 10.6 Å². The molecule has 110 valence electrons. The molecule has 0 radical (unpaired) electrons. The fourth-order valence-electron chi connectivity index (χ4n) is 1.57. The van der Waals surface area contributed by atoms with E-state index in [4.69, 9.17) is 10.4 Å². The van der Waals surface area contributed by atoms with Crippen LogP contribution in [0.1, 0.15) is 30.4 Å². The highest BCUT2D eigenvalue weighted by Crippen LogP contribution is 2.03. The molecule has 0 bridgehead atoms. The van der Waals surface area contributed by atoms with Gasteiger partial charge in [0, 0.05) is 19.4 Å². The third-order valence-electron chi connectivity index (χ3n) is 2.56. The van der Waals surface area contributed by atoms with Crippen molar-refractivity contribution in [2.24, 2.45) is 0 Å². The van der Waals surface area contributed by atoms with Crippen LogP contribution in [0.2, 0.25) is 0 Å². The van der Waals surface area contributed by atoms with Crippen LogP contribution >= 0.6 is 0 Å². The maximum Gasteiger partial charge on any atom is 0.321 e. The van der Waals surface area contributed by atoms with E-state index in [2.05, 4.69) is 10.6 Å². The fraction of sp³-hybridized carbons (Fsp3) is 0.286. The molecule has 0 aliphatic carbocycles. The van der Waals surface area contributed by atoms with Gasteiger partial charge in [-0.05, 0) is 24.1 Å². The second-order valence-electron chi connectivity index (χ2n) is 4.29. The van der Waals surface area contributed by atoms with Crippen molar-refractivity contribution in [2.75, 3.05) is 0 Å². The molecule has 0 saturated carbocycles. The third-order valence-corrected chi connectivity index (χ3v) is 2.56. The Hall–Kier alpha value is -2.88. The number of imide groups is 1. The summed E-state index contributed by atoms with van der Waals surface area (Å²) in [6.07, 6.45) is 0.0400. The second kappa shape index (κ2) is 8.32. The molecule has 0 spiro atoms. The van der Waals surface area contributed by atoms with E-state index in [0.717, 1.165) is 5.56 Å². The fourth-order valence-corrected chi connectivity index (χ4v) is 1.57. The summed E-state index contributed by atoms with van der Waals surface area (Å²) in [5.41, 5.74) is 1.22. The van der Waals surface area contributed by atoms with E-state index >= 15 is 0 Å². The van der Waals surface area contributed by atoms with Gasteiger partial charge in [0.2, 0.25) is 5.91 Å². The maximum atomic E-state index is 11.5. The zero-order valence-electron chi connectivity index (χ0n) is 11.3. The van der Waals surface area contributed by atoms with Crippen LogP contribution < -0.4 is 10.6 Å². The number of carboxylic acid groups (broad SMARTS) is 1. The molecular formula is C14H15N3O4. The van der Waals surface area contributed by atoms with Gasteiger partial charge < -0.3 is 10.4 Å². The lowest BCUT2D eigenvalue weighted by Gasteiger charge is -2.06. The summed E-state index contributed by atoms with van der Waals surface area (Å²) in [6.45, 7) is 0.184. The molecule has 0 heterocycles. The van der Waals surface area contributed by atoms with Crippen molar-refractivity contribution in [2.45, 2.75) is 25.8 Å². The highest BCUT2D eigenvalue weighted by atomic mass is 16.4. The van der Waals surface area contributed by atoms with Crippen LogP contribution in [0.15, 0.2) is 24.3 Å². The van der Waals surface area contributed by atoms with Gasteiger partial charge in [-0.2, -0.15) is 5.26 Å². The minimum absolute atomic E-state index is 0.0242. The smallest absolute Gasteiger partial charge is 0.321 e. The van der Waals surface area contributed by atoms with Gasteiger partial charge in [0.1, 0.15) is 0 Å². The number of hydrogen-bond acceptors (Lipinski definition) is 4. The molecule has 7 nitrogen and oxygen atoms in total. The normalized spacial score (nSPS) is 9.48. The Morgan fingerprint density at radius 2 is 2.00 bits per heavy atom. The Bertz CT molecular complexity index is 578.